The average Bonchev–Trinajstić information content (AvgIpc) is 3.06. The monoisotopic (exact) mass is 310 g/mol. The smallest absolute Gasteiger partial charge is 0.205 e. The Kier molecular flexibility index (Phi) is 5.10. The van der Waals surface area contributed by atoms with Crippen LogP contribution in [0.5, 0.6) is 0 Å². The maximum absolute atomic E-state index is 4.90. The van der Waals surface area contributed by atoms with Crippen molar-refractivity contribution in [3.63, 3.8) is 0 Å². The zero-order valence-electron chi connectivity index (χ0n) is 12.7. The average molecular weight is 310 g/mol. The summed E-state index contributed by atoms with van der Waals surface area (Å²) in [5.74, 6) is 0.967. The van der Waals surface area contributed by atoms with E-state index in [1.54, 1.807) is 22.7 Å². The van der Waals surface area contributed by atoms with Crippen molar-refractivity contribution in [1.82, 2.24) is 15.2 Å². The minimum atomic E-state index is 0.409. The van der Waals surface area contributed by atoms with Crippen LogP contribution in [0.2, 0.25) is 0 Å². The fraction of sp³-hybridized carbons (Fsp3) is 0.643. The van der Waals surface area contributed by atoms with E-state index in [1.807, 2.05) is 7.05 Å². The largest absolute Gasteiger partial charge is 0.363 e. The van der Waals surface area contributed by atoms with Crippen molar-refractivity contribution in [1.29, 1.82) is 0 Å². The number of nitrogens with zero attached hydrogens (tertiary/aromatic N) is 3. The second-order valence-corrected chi connectivity index (χ2v) is 7.11. The first-order valence-electron chi connectivity index (χ1n) is 7.12. The molecule has 110 valence electrons. The minimum absolute atomic E-state index is 0.409. The standard InChI is InChI=1S/C14H22N4S2/c1-6-9(7-2)12-16-10(8(3)4)11(19-12)13-17-18-14(15-5)20-13/h8-9H,6-7H2,1-5H3,(H,15,18). The Morgan fingerprint density at radius 1 is 1.10 bits per heavy atom. The summed E-state index contributed by atoms with van der Waals surface area (Å²) in [7, 11) is 1.87. The Hall–Kier alpha value is -1.01. The molecule has 0 aromatic carbocycles. The molecule has 0 spiro atoms. The Morgan fingerprint density at radius 2 is 1.80 bits per heavy atom. The van der Waals surface area contributed by atoms with Crippen LogP contribution in [0.4, 0.5) is 5.13 Å². The van der Waals surface area contributed by atoms with Gasteiger partial charge >= 0.3 is 0 Å². The number of hydrogen-bond acceptors (Lipinski definition) is 6. The second-order valence-electron chi connectivity index (χ2n) is 5.10. The van der Waals surface area contributed by atoms with Gasteiger partial charge in [-0.05, 0) is 18.8 Å². The van der Waals surface area contributed by atoms with Crippen molar-refractivity contribution in [2.45, 2.75) is 52.4 Å². The van der Waals surface area contributed by atoms with Gasteiger partial charge in [0.1, 0.15) is 0 Å². The highest BCUT2D eigenvalue weighted by Gasteiger charge is 2.22. The van der Waals surface area contributed by atoms with Crippen molar-refractivity contribution in [3.05, 3.63) is 10.7 Å². The van der Waals surface area contributed by atoms with E-state index in [1.165, 1.54) is 9.88 Å². The van der Waals surface area contributed by atoms with Crippen LogP contribution in [0.3, 0.4) is 0 Å². The van der Waals surface area contributed by atoms with E-state index in [0.29, 0.717) is 11.8 Å². The van der Waals surface area contributed by atoms with Gasteiger partial charge in [-0.25, -0.2) is 4.98 Å². The van der Waals surface area contributed by atoms with Crippen LogP contribution in [0.1, 0.15) is 63.1 Å². The van der Waals surface area contributed by atoms with Gasteiger partial charge in [0.25, 0.3) is 0 Å². The summed E-state index contributed by atoms with van der Waals surface area (Å²) < 4.78 is 0. The maximum Gasteiger partial charge on any atom is 0.205 e. The summed E-state index contributed by atoms with van der Waals surface area (Å²) in [4.78, 5) is 6.10. The molecule has 6 heteroatoms. The summed E-state index contributed by atoms with van der Waals surface area (Å²) in [6.45, 7) is 8.84. The van der Waals surface area contributed by atoms with Gasteiger partial charge in [0.15, 0.2) is 5.01 Å². The fourth-order valence-corrected chi connectivity index (χ4v) is 4.39. The number of rotatable bonds is 6. The van der Waals surface area contributed by atoms with Crippen LogP contribution < -0.4 is 5.32 Å². The molecular weight excluding hydrogens is 288 g/mol. The molecular formula is C14H22N4S2. The van der Waals surface area contributed by atoms with Crippen LogP contribution >= 0.6 is 22.7 Å². The van der Waals surface area contributed by atoms with Crippen LogP contribution in [0.25, 0.3) is 9.88 Å². The Labute approximate surface area is 128 Å². The van der Waals surface area contributed by atoms with Crippen molar-refractivity contribution in [2.24, 2.45) is 0 Å². The molecule has 0 fully saturated rings. The first kappa shape index (κ1) is 15.4. The lowest BCUT2D eigenvalue weighted by molar-refractivity contribution is 0.632. The van der Waals surface area contributed by atoms with E-state index in [2.05, 4.69) is 43.2 Å². The Bertz CT molecular complexity index is 555. The third-order valence-electron chi connectivity index (χ3n) is 3.38. The normalized spacial score (nSPS) is 11.6. The van der Waals surface area contributed by atoms with Gasteiger partial charge < -0.3 is 5.32 Å². The first-order valence-corrected chi connectivity index (χ1v) is 8.76. The van der Waals surface area contributed by atoms with Crippen molar-refractivity contribution < 1.29 is 0 Å². The molecule has 0 saturated carbocycles. The van der Waals surface area contributed by atoms with Gasteiger partial charge in [-0.1, -0.05) is 39.0 Å². The van der Waals surface area contributed by atoms with Crippen molar-refractivity contribution in [3.8, 4) is 9.88 Å². The molecule has 4 nitrogen and oxygen atoms in total. The fourth-order valence-electron chi connectivity index (χ4n) is 2.12. The highest BCUT2D eigenvalue weighted by Crippen LogP contribution is 2.40. The molecule has 2 heterocycles. The number of hydrogen-bond donors (Lipinski definition) is 1. The molecule has 0 unspecified atom stereocenters. The van der Waals surface area contributed by atoms with Crippen LogP contribution in [-0.2, 0) is 0 Å². The van der Waals surface area contributed by atoms with Crippen LogP contribution in [-0.4, -0.2) is 22.2 Å². The van der Waals surface area contributed by atoms with E-state index in [0.717, 1.165) is 28.7 Å². The molecule has 0 amide bonds. The van der Waals surface area contributed by atoms with Crippen molar-refractivity contribution >= 4 is 27.8 Å². The molecule has 2 rings (SSSR count). The molecule has 0 atom stereocenters. The van der Waals surface area contributed by atoms with Crippen molar-refractivity contribution in [2.75, 3.05) is 12.4 Å². The van der Waals surface area contributed by atoms with Gasteiger partial charge in [0.2, 0.25) is 5.13 Å². The summed E-state index contributed by atoms with van der Waals surface area (Å²) in [6, 6.07) is 0. The predicted molar refractivity (Wildman–Crippen MR) is 88.0 cm³/mol. The lowest BCUT2D eigenvalue weighted by Gasteiger charge is -2.07. The van der Waals surface area contributed by atoms with E-state index >= 15 is 0 Å². The SMILES string of the molecule is CCC(CC)c1nc(C(C)C)c(-c2nnc(NC)s2)s1. The molecule has 0 aliphatic carbocycles. The van der Waals surface area contributed by atoms with Gasteiger partial charge in [0, 0.05) is 13.0 Å². The molecule has 2 aromatic rings. The van der Waals surface area contributed by atoms with Crippen LogP contribution in [0, 0.1) is 0 Å². The highest BCUT2D eigenvalue weighted by atomic mass is 32.1. The number of thiazole rings is 1. The number of anilines is 1. The van der Waals surface area contributed by atoms with Gasteiger partial charge in [0.05, 0.1) is 15.6 Å². The molecule has 0 aliphatic heterocycles. The van der Waals surface area contributed by atoms with E-state index < -0.39 is 0 Å². The van der Waals surface area contributed by atoms with E-state index in [-0.39, 0.29) is 0 Å². The zero-order chi connectivity index (χ0) is 14.7. The Morgan fingerprint density at radius 3 is 2.30 bits per heavy atom. The number of aromatic nitrogens is 3. The maximum atomic E-state index is 4.90. The minimum Gasteiger partial charge on any atom is -0.363 e. The Balaban J connectivity index is 2.45. The molecule has 0 saturated heterocycles. The molecule has 0 bridgehead atoms. The third kappa shape index (κ3) is 3.01. The summed E-state index contributed by atoms with van der Waals surface area (Å²) >= 11 is 3.39. The lowest BCUT2D eigenvalue weighted by Crippen LogP contribution is -1.96. The molecule has 1 N–H and O–H groups in total. The van der Waals surface area contributed by atoms with Gasteiger partial charge in [-0.2, -0.15) is 0 Å². The third-order valence-corrected chi connectivity index (χ3v) is 5.71. The second kappa shape index (κ2) is 6.63. The van der Waals surface area contributed by atoms with Gasteiger partial charge in [-0.15, -0.1) is 21.5 Å². The molecule has 20 heavy (non-hydrogen) atoms. The lowest BCUT2D eigenvalue weighted by atomic mass is 10.0. The van der Waals surface area contributed by atoms with E-state index in [9.17, 15) is 0 Å². The van der Waals surface area contributed by atoms with E-state index in [4.69, 9.17) is 4.98 Å². The molecule has 0 aliphatic rings. The van der Waals surface area contributed by atoms with Gasteiger partial charge in [-0.3, -0.25) is 0 Å². The molecule has 2 aromatic heterocycles. The zero-order valence-corrected chi connectivity index (χ0v) is 14.4. The molecule has 0 radical (unpaired) electrons. The topological polar surface area (TPSA) is 50.7 Å². The predicted octanol–water partition coefficient (Wildman–Crippen LogP) is 4.73. The first-order chi connectivity index (χ1) is 9.60. The highest BCUT2D eigenvalue weighted by molar-refractivity contribution is 7.23. The summed E-state index contributed by atoms with van der Waals surface area (Å²) in [5.41, 5.74) is 1.16. The number of nitrogens with one attached hydrogen (secondary N) is 1. The summed E-state index contributed by atoms with van der Waals surface area (Å²) in [6.07, 6.45) is 2.28. The summed E-state index contributed by atoms with van der Waals surface area (Å²) in [5, 5.41) is 14.6. The van der Waals surface area contributed by atoms with Crippen LogP contribution in [0.15, 0.2) is 0 Å². The quantitative estimate of drug-likeness (QED) is 0.838.